The maximum absolute atomic E-state index is 14.7. The fourth-order valence-corrected chi connectivity index (χ4v) is 8.05. The number of aromatic nitrogens is 2. The number of hydrogen-bond acceptors (Lipinski definition) is 5. The second kappa shape index (κ2) is 8.55. The van der Waals surface area contributed by atoms with Gasteiger partial charge in [0.05, 0.1) is 17.0 Å². The number of ether oxygens (including phenoxy) is 3. The molecule has 3 fully saturated rings. The summed E-state index contributed by atoms with van der Waals surface area (Å²) in [6.45, 7) is 10.9. The highest BCUT2D eigenvalue weighted by molar-refractivity contribution is 5.58. The van der Waals surface area contributed by atoms with Crippen molar-refractivity contribution in [2.75, 3.05) is 26.4 Å². The van der Waals surface area contributed by atoms with Crippen molar-refractivity contribution in [2.45, 2.75) is 108 Å². The summed E-state index contributed by atoms with van der Waals surface area (Å²) in [7, 11) is 0. The molecule has 1 atom stereocenters. The lowest BCUT2D eigenvalue weighted by atomic mass is 9.64. The molecule has 0 amide bonds. The van der Waals surface area contributed by atoms with Gasteiger partial charge in [0.1, 0.15) is 11.8 Å². The molecule has 2 aliphatic carbocycles. The Morgan fingerprint density at radius 1 is 0.947 bits per heavy atom. The molecule has 0 aromatic carbocycles. The molecule has 2 aromatic rings. The average Bonchev–Trinajstić information content (AvgIpc) is 3.57. The van der Waals surface area contributed by atoms with Gasteiger partial charge in [0.25, 0.3) is 0 Å². The Kier molecular flexibility index (Phi) is 5.65. The zero-order valence-electron chi connectivity index (χ0n) is 23.4. The van der Waals surface area contributed by atoms with Crippen molar-refractivity contribution >= 4 is 0 Å². The predicted molar refractivity (Wildman–Crippen MR) is 143 cm³/mol. The maximum Gasteiger partial charge on any atom is 0.147 e. The van der Waals surface area contributed by atoms with Crippen molar-refractivity contribution in [3.05, 3.63) is 57.7 Å². The second-order valence-electron chi connectivity index (χ2n) is 13.8. The highest BCUT2D eigenvalue weighted by atomic mass is 19.1. The van der Waals surface area contributed by atoms with Crippen molar-refractivity contribution in [2.24, 2.45) is 5.41 Å². The van der Waals surface area contributed by atoms with E-state index in [-0.39, 0.29) is 22.5 Å². The van der Waals surface area contributed by atoms with Crippen LogP contribution in [0.15, 0.2) is 18.3 Å². The summed E-state index contributed by atoms with van der Waals surface area (Å²) < 4.78 is 33.6. The summed E-state index contributed by atoms with van der Waals surface area (Å²) in [6, 6.07) is 3.86. The first kappa shape index (κ1) is 25.1. The van der Waals surface area contributed by atoms with Gasteiger partial charge in [-0.25, -0.2) is 4.39 Å². The Labute approximate surface area is 225 Å². The van der Waals surface area contributed by atoms with Crippen LogP contribution >= 0.6 is 0 Å². The van der Waals surface area contributed by atoms with Crippen molar-refractivity contribution < 1.29 is 18.6 Å². The van der Waals surface area contributed by atoms with Gasteiger partial charge in [0, 0.05) is 68.2 Å². The number of alkyl halides is 1. The number of rotatable bonds is 3. The molecular weight excluding hydrogens is 479 g/mol. The molecule has 1 saturated carbocycles. The molecule has 6 heteroatoms. The maximum atomic E-state index is 14.7. The summed E-state index contributed by atoms with van der Waals surface area (Å²) in [5, 5.41) is 0. The van der Waals surface area contributed by atoms with Crippen molar-refractivity contribution in [3.63, 3.8) is 0 Å². The SMILES string of the molecule is CC1(C)Cc2nc(C3CCOCC3)c3c(c2C2(CC2)C1)C1(CCOCC1)O[C@@H]3c1ccc(C(C)(C)F)nc1. The van der Waals surface area contributed by atoms with Gasteiger partial charge in [-0.15, -0.1) is 0 Å². The zero-order valence-corrected chi connectivity index (χ0v) is 23.4. The number of nitrogens with zero attached hydrogens (tertiary/aromatic N) is 2. The molecular formula is C32H41FN2O3. The van der Waals surface area contributed by atoms with E-state index in [0.29, 0.717) is 24.8 Å². The predicted octanol–water partition coefficient (Wildman–Crippen LogP) is 6.70. The van der Waals surface area contributed by atoms with E-state index in [1.54, 1.807) is 13.8 Å². The van der Waals surface area contributed by atoms with Gasteiger partial charge < -0.3 is 14.2 Å². The summed E-state index contributed by atoms with van der Waals surface area (Å²) in [5.74, 6) is 0.362. The fourth-order valence-electron chi connectivity index (χ4n) is 8.05. The minimum absolute atomic E-state index is 0.228. The van der Waals surface area contributed by atoms with Crippen LogP contribution in [0.25, 0.3) is 0 Å². The quantitative estimate of drug-likeness (QED) is 0.451. The van der Waals surface area contributed by atoms with Gasteiger partial charge >= 0.3 is 0 Å². The van der Waals surface area contributed by atoms with Crippen molar-refractivity contribution in [1.29, 1.82) is 0 Å². The Bertz CT molecular complexity index is 1230. The first-order valence-electron chi connectivity index (χ1n) is 14.7. The lowest BCUT2D eigenvalue weighted by Gasteiger charge is -2.42. The third-order valence-electron chi connectivity index (χ3n) is 9.85. The molecule has 0 radical (unpaired) electrons. The van der Waals surface area contributed by atoms with Crippen molar-refractivity contribution in [1.82, 2.24) is 9.97 Å². The van der Waals surface area contributed by atoms with E-state index in [1.807, 2.05) is 18.3 Å². The van der Waals surface area contributed by atoms with Crippen LogP contribution in [-0.4, -0.2) is 36.4 Å². The molecule has 5 heterocycles. The van der Waals surface area contributed by atoms with Crippen molar-refractivity contribution in [3.8, 4) is 0 Å². The highest BCUT2D eigenvalue weighted by Crippen LogP contribution is 2.65. The van der Waals surface area contributed by atoms with Gasteiger partial charge in [0.2, 0.25) is 0 Å². The lowest BCUT2D eigenvalue weighted by molar-refractivity contribution is -0.122. The summed E-state index contributed by atoms with van der Waals surface area (Å²) >= 11 is 0. The van der Waals surface area contributed by atoms with E-state index in [0.717, 1.165) is 50.9 Å². The highest BCUT2D eigenvalue weighted by Gasteiger charge is 2.59. The van der Waals surface area contributed by atoms with Crippen LogP contribution < -0.4 is 0 Å². The Morgan fingerprint density at radius 3 is 2.29 bits per heavy atom. The molecule has 0 bridgehead atoms. The smallest absolute Gasteiger partial charge is 0.147 e. The van der Waals surface area contributed by atoms with Gasteiger partial charge in [-0.3, -0.25) is 9.97 Å². The zero-order chi connectivity index (χ0) is 26.3. The number of pyridine rings is 2. The van der Waals surface area contributed by atoms with E-state index < -0.39 is 5.67 Å². The largest absolute Gasteiger partial charge is 0.381 e. The molecule has 38 heavy (non-hydrogen) atoms. The van der Waals surface area contributed by atoms with Crippen LogP contribution in [-0.2, 0) is 37.3 Å². The van der Waals surface area contributed by atoms with E-state index in [2.05, 4.69) is 18.8 Å². The first-order chi connectivity index (χ1) is 18.1. The Hall–Kier alpha value is -1.89. The lowest BCUT2D eigenvalue weighted by Crippen LogP contribution is -2.39. The van der Waals surface area contributed by atoms with Crippen LogP contribution in [0.1, 0.15) is 124 Å². The second-order valence-corrected chi connectivity index (χ2v) is 13.8. The first-order valence-corrected chi connectivity index (χ1v) is 14.7. The molecule has 204 valence electrons. The fraction of sp³-hybridized carbons (Fsp3) is 0.688. The minimum Gasteiger partial charge on any atom is -0.381 e. The average molecular weight is 521 g/mol. The normalized spacial score (nSPS) is 27.3. The summed E-state index contributed by atoms with van der Waals surface area (Å²) in [6.07, 6.45) is 10.0. The third kappa shape index (κ3) is 3.97. The molecule has 5 aliphatic rings. The van der Waals surface area contributed by atoms with E-state index >= 15 is 0 Å². The Morgan fingerprint density at radius 2 is 1.66 bits per heavy atom. The molecule has 2 spiro atoms. The molecule has 0 N–H and O–H groups in total. The molecule has 2 aromatic heterocycles. The van der Waals surface area contributed by atoms with Gasteiger partial charge in [0.15, 0.2) is 0 Å². The monoisotopic (exact) mass is 520 g/mol. The summed E-state index contributed by atoms with van der Waals surface area (Å²) in [5.41, 5.74) is 6.88. The standard InChI is InChI=1S/C32H41FN2O3/c1-29(2)17-22-25(31(19-29)9-10-31)26-24(27(35-22)20-7-13-36-14-8-20)28(38-32(26)11-15-37-16-12-32)21-5-6-23(34-18-21)30(3,4)33/h5-6,18,20,28H,7-17,19H2,1-4H3/t28-/m1/s1. The summed E-state index contributed by atoms with van der Waals surface area (Å²) in [4.78, 5) is 10.2. The molecule has 7 rings (SSSR count). The Balaban J connectivity index is 1.47. The number of fused-ring (bicyclic) bond motifs is 5. The molecule has 2 saturated heterocycles. The number of hydrogen-bond donors (Lipinski definition) is 0. The molecule has 3 aliphatic heterocycles. The van der Waals surface area contributed by atoms with Gasteiger partial charge in [-0.2, -0.15) is 0 Å². The van der Waals surface area contributed by atoms with E-state index in [1.165, 1.54) is 47.3 Å². The van der Waals surface area contributed by atoms with Crippen LogP contribution in [0.3, 0.4) is 0 Å². The molecule has 0 unspecified atom stereocenters. The minimum atomic E-state index is -1.48. The van der Waals surface area contributed by atoms with Crippen LogP contribution in [0.4, 0.5) is 4.39 Å². The van der Waals surface area contributed by atoms with E-state index in [4.69, 9.17) is 19.2 Å². The topological polar surface area (TPSA) is 53.5 Å². The van der Waals surface area contributed by atoms with Gasteiger partial charge in [-0.05, 0) is 80.4 Å². The number of halogens is 1. The van der Waals surface area contributed by atoms with Gasteiger partial charge in [-0.1, -0.05) is 19.9 Å². The van der Waals surface area contributed by atoms with Crippen LogP contribution in [0.2, 0.25) is 0 Å². The molecule has 5 nitrogen and oxygen atoms in total. The van der Waals surface area contributed by atoms with Crippen LogP contribution in [0.5, 0.6) is 0 Å². The van der Waals surface area contributed by atoms with Crippen LogP contribution in [0, 0.1) is 5.41 Å². The van der Waals surface area contributed by atoms with E-state index in [9.17, 15) is 4.39 Å². The third-order valence-corrected chi connectivity index (χ3v) is 9.85.